The van der Waals surface area contributed by atoms with Crippen LogP contribution in [0.3, 0.4) is 0 Å². The van der Waals surface area contributed by atoms with Crippen molar-refractivity contribution in [3.05, 3.63) is 24.0 Å². The lowest BCUT2D eigenvalue weighted by Crippen LogP contribution is -2.30. The molecule has 0 radical (unpaired) electrons. The minimum absolute atomic E-state index is 0.00212. The van der Waals surface area contributed by atoms with Crippen molar-refractivity contribution in [3.63, 3.8) is 0 Å². The summed E-state index contributed by atoms with van der Waals surface area (Å²) in [5.41, 5.74) is -0.0402. The van der Waals surface area contributed by atoms with Crippen LogP contribution in [0, 0.1) is 5.92 Å². The van der Waals surface area contributed by atoms with Crippen molar-refractivity contribution in [3.8, 4) is 0 Å². The number of carboxylic acids is 1. The van der Waals surface area contributed by atoms with Crippen LogP contribution >= 0.6 is 0 Å². The van der Waals surface area contributed by atoms with Crippen LogP contribution in [0.4, 0.5) is 5.69 Å². The van der Waals surface area contributed by atoms with Gasteiger partial charge >= 0.3 is 5.97 Å². The van der Waals surface area contributed by atoms with Crippen molar-refractivity contribution in [1.82, 2.24) is 9.88 Å². The lowest BCUT2D eigenvalue weighted by atomic mass is 10.1. The van der Waals surface area contributed by atoms with Crippen LogP contribution in [0.15, 0.2) is 18.3 Å². The summed E-state index contributed by atoms with van der Waals surface area (Å²) >= 11 is 0. The second kappa shape index (κ2) is 5.16. The number of hydrogen-bond acceptors (Lipinski definition) is 4. The number of aromatic carboxylic acids is 1. The van der Waals surface area contributed by atoms with Crippen molar-refractivity contribution >= 4 is 23.5 Å². The highest BCUT2D eigenvalue weighted by Gasteiger charge is 2.41. The maximum Gasteiger partial charge on any atom is 0.356 e. The van der Waals surface area contributed by atoms with E-state index in [9.17, 15) is 14.4 Å². The first-order valence-corrected chi connectivity index (χ1v) is 6.85. The summed E-state index contributed by atoms with van der Waals surface area (Å²) < 4.78 is 0. The second-order valence-electron chi connectivity index (χ2n) is 5.37. The Bertz CT molecular complexity index is 612. The smallest absolute Gasteiger partial charge is 0.356 e. The van der Waals surface area contributed by atoms with Gasteiger partial charge in [0.25, 0.3) is 0 Å². The Kier molecular flexibility index (Phi) is 3.32. The lowest BCUT2D eigenvalue weighted by Gasteiger charge is -2.15. The Balaban J connectivity index is 1.70. The maximum absolute atomic E-state index is 12.2. The minimum Gasteiger partial charge on any atom is -0.476 e. The molecule has 0 bridgehead atoms. The average Bonchev–Trinajstić information content (AvgIpc) is 3.22. The fourth-order valence-electron chi connectivity index (χ4n) is 2.56. The molecular weight excluding hydrogens is 274 g/mol. The molecule has 2 N–H and O–H groups in total. The van der Waals surface area contributed by atoms with Crippen LogP contribution in [0.1, 0.15) is 29.8 Å². The molecule has 0 spiro atoms. The molecule has 2 amide bonds. The van der Waals surface area contributed by atoms with Gasteiger partial charge in [0, 0.05) is 25.2 Å². The Morgan fingerprint density at radius 2 is 2.14 bits per heavy atom. The molecule has 1 aromatic rings. The number of anilines is 1. The molecular formula is C14H15N3O4. The predicted octanol–water partition coefficient (Wildman–Crippen LogP) is 0.729. The topological polar surface area (TPSA) is 99.6 Å². The van der Waals surface area contributed by atoms with E-state index < -0.39 is 11.9 Å². The van der Waals surface area contributed by atoms with Crippen LogP contribution < -0.4 is 5.32 Å². The summed E-state index contributed by atoms with van der Waals surface area (Å²) in [5.74, 6) is -1.96. The number of nitrogens with one attached hydrogen (secondary N) is 1. The van der Waals surface area contributed by atoms with Crippen LogP contribution in [0.5, 0.6) is 0 Å². The van der Waals surface area contributed by atoms with Gasteiger partial charge < -0.3 is 15.3 Å². The minimum atomic E-state index is -1.20. The van der Waals surface area contributed by atoms with Gasteiger partial charge in [-0.2, -0.15) is 0 Å². The number of carboxylic acid groups (broad SMARTS) is 1. The first-order chi connectivity index (χ1) is 10.1. The second-order valence-corrected chi connectivity index (χ2v) is 5.37. The van der Waals surface area contributed by atoms with Gasteiger partial charge in [-0.25, -0.2) is 9.78 Å². The highest BCUT2D eigenvalue weighted by Crippen LogP contribution is 2.33. The number of aromatic nitrogens is 1. The molecule has 1 saturated heterocycles. The van der Waals surface area contributed by atoms with Crippen molar-refractivity contribution in [2.45, 2.75) is 25.3 Å². The SMILES string of the molecule is O=C(O)c1ncccc1NC(=O)C1CC(=O)N(C2CC2)C1. The van der Waals surface area contributed by atoms with Gasteiger partial charge in [0.05, 0.1) is 11.6 Å². The van der Waals surface area contributed by atoms with E-state index in [2.05, 4.69) is 10.3 Å². The van der Waals surface area contributed by atoms with E-state index in [1.807, 2.05) is 0 Å². The standard InChI is InChI=1S/C14H15N3O4/c18-11-6-8(7-17(11)9-3-4-9)13(19)16-10-2-1-5-15-12(10)14(20)21/h1-2,5,8-9H,3-4,6-7H2,(H,16,19)(H,20,21). The van der Waals surface area contributed by atoms with Crippen molar-refractivity contribution in [2.24, 2.45) is 5.92 Å². The Hall–Kier alpha value is -2.44. The van der Waals surface area contributed by atoms with E-state index in [-0.39, 0.29) is 29.6 Å². The Morgan fingerprint density at radius 1 is 1.38 bits per heavy atom. The fourth-order valence-corrected chi connectivity index (χ4v) is 2.56. The van der Waals surface area contributed by atoms with Crippen LogP contribution in [-0.2, 0) is 9.59 Å². The van der Waals surface area contributed by atoms with Gasteiger partial charge in [-0.1, -0.05) is 0 Å². The third-order valence-corrected chi connectivity index (χ3v) is 3.79. The number of hydrogen-bond donors (Lipinski definition) is 2. The molecule has 1 aliphatic heterocycles. The first kappa shape index (κ1) is 13.5. The van der Waals surface area contributed by atoms with Gasteiger partial charge in [0.1, 0.15) is 0 Å². The molecule has 2 aliphatic rings. The van der Waals surface area contributed by atoms with Crippen LogP contribution in [0.25, 0.3) is 0 Å². The van der Waals surface area contributed by atoms with E-state index in [0.717, 1.165) is 12.8 Å². The van der Waals surface area contributed by atoms with Crippen molar-refractivity contribution < 1.29 is 19.5 Å². The molecule has 2 fully saturated rings. The molecule has 1 saturated carbocycles. The predicted molar refractivity (Wildman–Crippen MR) is 72.7 cm³/mol. The fraction of sp³-hybridized carbons (Fsp3) is 0.429. The zero-order valence-corrected chi connectivity index (χ0v) is 11.3. The molecule has 2 heterocycles. The highest BCUT2D eigenvalue weighted by molar-refractivity contribution is 6.01. The average molecular weight is 289 g/mol. The number of likely N-dealkylation sites (tertiary alicyclic amines) is 1. The summed E-state index contributed by atoms with van der Waals surface area (Å²) in [7, 11) is 0. The Morgan fingerprint density at radius 3 is 2.81 bits per heavy atom. The van der Waals surface area contributed by atoms with E-state index in [1.54, 1.807) is 11.0 Å². The molecule has 1 aromatic heterocycles. The van der Waals surface area contributed by atoms with Crippen LogP contribution in [0.2, 0.25) is 0 Å². The quantitative estimate of drug-likeness (QED) is 0.851. The summed E-state index contributed by atoms with van der Waals surface area (Å²) in [6, 6.07) is 3.34. The molecule has 1 atom stereocenters. The van der Waals surface area contributed by atoms with Gasteiger partial charge in [0.2, 0.25) is 11.8 Å². The third kappa shape index (κ3) is 2.72. The summed E-state index contributed by atoms with van der Waals surface area (Å²) in [6.45, 7) is 0.415. The van der Waals surface area contributed by atoms with Gasteiger partial charge in [-0.05, 0) is 25.0 Å². The number of nitrogens with zero attached hydrogens (tertiary/aromatic N) is 2. The molecule has 110 valence electrons. The van der Waals surface area contributed by atoms with Gasteiger partial charge in [-0.15, -0.1) is 0 Å². The highest BCUT2D eigenvalue weighted by atomic mass is 16.4. The normalized spacial score (nSPS) is 21.4. The van der Waals surface area contributed by atoms with Crippen molar-refractivity contribution in [1.29, 1.82) is 0 Å². The summed E-state index contributed by atoms with van der Waals surface area (Å²) in [6.07, 6.45) is 3.55. The van der Waals surface area contributed by atoms with Crippen LogP contribution in [-0.4, -0.2) is 45.4 Å². The van der Waals surface area contributed by atoms with E-state index >= 15 is 0 Å². The van der Waals surface area contributed by atoms with E-state index in [4.69, 9.17) is 5.11 Å². The molecule has 7 nitrogen and oxygen atoms in total. The first-order valence-electron chi connectivity index (χ1n) is 6.85. The molecule has 7 heteroatoms. The zero-order chi connectivity index (χ0) is 15.0. The van der Waals surface area contributed by atoms with E-state index in [1.165, 1.54) is 12.3 Å². The number of amides is 2. The summed E-state index contributed by atoms with van der Waals surface area (Å²) in [5, 5.41) is 11.6. The molecule has 0 aromatic carbocycles. The third-order valence-electron chi connectivity index (χ3n) is 3.79. The Labute approximate surface area is 121 Å². The lowest BCUT2D eigenvalue weighted by molar-refractivity contribution is -0.128. The molecule has 1 aliphatic carbocycles. The number of pyridine rings is 1. The largest absolute Gasteiger partial charge is 0.476 e. The molecule has 3 rings (SSSR count). The van der Waals surface area contributed by atoms with E-state index in [0.29, 0.717) is 12.6 Å². The van der Waals surface area contributed by atoms with Crippen molar-refractivity contribution in [2.75, 3.05) is 11.9 Å². The monoisotopic (exact) mass is 289 g/mol. The number of carbonyl (C=O) groups excluding carboxylic acids is 2. The molecule has 21 heavy (non-hydrogen) atoms. The van der Waals surface area contributed by atoms with Gasteiger partial charge in [-0.3, -0.25) is 9.59 Å². The maximum atomic E-state index is 12.2. The summed E-state index contributed by atoms with van der Waals surface area (Å²) in [4.78, 5) is 40.6. The number of rotatable bonds is 4. The van der Waals surface area contributed by atoms with Gasteiger partial charge in [0.15, 0.2) is 5.69 Å². The zero-order valence-electron chi connectivity index (χ0n) is 11.3. The molecule has 1 unspecified atom stereocenters. The number of carbonyl (C=O) groups is 3.